The predicted molar refractivity (Wildman–Crippen MR) is 78.5 cm³/mol. The Balaban J connectivity index is 3.05. The minimum Gasteiger partial charge on any atom is -0.299 e. The molecule has 0 aromatic heterocycles. The highest BCUT2D eigenvalue weighted by molar-refractivity contribution is 6.01. The molecule has 0 heterocycles. The van der Waals surface area contributed by atoms with Gasteiger partial charge in [0.1, 0.15) is 5.78 Å². The summed E-state index contributed by atoms with van der Waals surface area (Å²) < 4.78 is 0. The van der Waals surface area contributed by atoms with E-state index in [2.05, 4.69) is 69.2 Å². The van der Waals surface area contributed by atoms with E-state index in [4.69, 9.17) is 0 Å². The van der Waals surface area contributed by atoms with Gasteiger partial charge in [0.2, 0.25) is 0 Å². The van der Waals surface area contributed by atoms with Gasteiger partial charge in [-0.25, -0.2) is 0 Å². The fourth-order valence-corrected chi connectivity index (χ4v) is 2.72. The van der Waals surface area contributed by atoms with Crippen molar-refractivity contribution in [3.05, 3.63) is 0 Å². The number of carbonyl (C=O) groups is 1. The van der Waals surface area contributed by atoms with Gasteiger partial charge in [0, 0.05) is 11.8 Å². The Morgan fingerprint density at radius 3 is 1.00 bits per heavy atom. The molecule has 0 amide bonds. The number of rotatable bonds is 2. The molecule has 0 saturated heterocycles. The van der Waals surface area contributed by atoms with Crippen LogP contribution in [-0.2, 0) is 4.79 Å². The summed E-state index contributed by atoms with van der Waals surface area (Å²) in [5, 5.41) is 0. The van der Waals surface area contributed by atoms with Crippen LogP contribution in [0.3, 0.4) is 0 Å². The lowest BCUT2D eigenvalue weighted by Crippen LogP contribution is -2.37. The van der Waals surface area contributed by atoms with Crippen LogP contribution in [0.15, 0.2) is 0 Å². The lowest BCUT2D eigenvalue weighted by atomic mass is 9.61. The zero-order valence-corrected chi connectivity index (χ0v) is 14.1. The highest BCUT2D eigenvalue weighted by Gasteiger charge is 2.66. The molecule has 2 atom stereocenters. The molecule has 0 N–H and O–H groups in total. The van der Waals surface area contributed by atoms with Crippen molar-refractivity contribution < 1.29 is 4.79 Å². The largest absolute Gasteiger partial charge is 0.299 e. The number of Topliss-reactive ketones (excluding diaryl/α,β-unsaturated/α-hetero) is 1. The molecule has 18 heavy (non-hydrogen) atoms. The van der Waals surface area contributed by atoms with Crippen LogP contribution in [0.4, 0.5) is 0 Å². The molecule has 106 valence electrons. The molecule has 1 nitrogen and oxygen atoms in total. The molecule has 1 aliphatic carbocycles. The molecule has 0 radical (unpaired) electrons. The first kappa shape index (κ1) is 15.7. The van der Waals surface area contributed by atoms with Gasteiger partial charge in [0.25, 0.3) is 0 Å². The Hall–Kier alpha value is -0.330. The van der Waals surface area contributed by atoms with Crippen molar-refractivity contribution in [2.75, 3.05) is 0 Å². The highest BCUT2D eigenvalue weighted by Crippen LogP contribution is 2.64. The van der Waals surface area contributed by atoms with Gasteiger partial charge < -0.3 is 0 Å². The molecule has 0 bridgehead atoms. The molecule has 1 fully saturated rings. The number of ketones is 1. The second-order valence-electron chi connectivity index (χ2n) is 9.30. The normalized spacial score (nSPS) is 26.4. The van der Waals surface area contributed by atoms with Gasteiger partial charge in [-0.3, -0.25) is 4.79 Å². The molecule has 1 heteroatoms. The molecule has 0 aromatic rings. The first-order chi connectivity index (χ1) is 7.65. The van der Waals surface area contributed by atoms with E-state index >= 15 is 0 Å². The molecule has 1 saturated carbocycles. The third-order valence-corrected chi connectivity index (χ3v) is 6.26. The molecule has 0 aromatic carbocycles. The molecule has 0 unspecified atom stereocenters. The summed E-state index contributed by atoms with van der Waals surface area (Å²) in [7, 11) is 0. The van der Waals surface area contributed by atoms with E-state index in [1.54, 1.807) is 0 Å². The quantitative estimate of drug-likeness (QED) is 0.680. The van der Waals surface area contributed by atoms with E-state index in [0.717, 1.165) is 0 Å². The van der Waals surface area contributed by atoms with Crippen molar-refractivity contribution in [2.45, 2.75) is 69.2 Å². The van der Waals surface area contributed by atoms with Gasteiger partial charge in [-0.15, -0.1) is 0 Å². The maximum atomic E-state index is 12.4. The third-order valence-electron chi connectivity index (χ3n) is 6.26. The van der Waals surface area contributed by atoms with Gasteiger partial charge in [-0.05, 0) is 21.7 Å². The Bertz CT molecular complexity index is 313. The summed E-state index contributed by atoms with van der Waals surface area (Å²) in [5.74, 6) is 0.938. The third kappa shape index (κ3) is 2.14. The van der Waals surface area contributed by atoms with E-state index in [1.165, 1.54) is 0 Å². The lowest BCUT2D eigenvalue weighted by molar-refractivity contribution is -0.115. The Morgan fingerprint density at radius 2 is 0.833 bits per heavy atom. The van der Waals surface area contributed by atoms with Crippen LogP contribution in [0.5, 0.6) is 0 Å². The molecule has 1 aliphatic rings. The zero-order valence-electron chi connectivity index (χ0n) is 14.1. The maximum absolute atomic E-state index is 12.4. The monoisotopic (exact) mass is 252 g/mol. The average Bonchev–Trinajstić information content (AvgIpc) is 2.73. The van der Waals surface area contributed by atoms with Crippen LogP contribution in [0.2, 0.25) is 0 Å². The van der Waals surface area contributed by atoms with Crippen molar-refractivity contribution >= 4 is 5.78 Å². The molecule has 1 rings (SSSR count). The maximum Gasteiger partial charge on any atom is 0.141 e. The second-order valence-corrected chi connectivity index (χ2v) is 9.30. The van der Waals surface area contributed by atoms with Gasteiger partial charge >= 0.3 is 0 Å². The fraction of sp³-hybridized carbons (Fsp3) is 0.941. The van der Waals surface area contributed by atoms with Crippen LogP contribution >= 0.6 is 0 Å². The fourth-order valence-electron chi connectivity index (χ4n) is 2.72. The van der Waals surface area contributed by atoms with Crippen LogP contribution in [-0.4, -0.2) is 5.78 Å². The van der Waals surface area contributed by atoms with Crippen LogP contribution in [0.25, 0.3) is 0 Å². The molecular weight excluding hydrogens is 220 g/mol. The van der Waals surface area contributed by atoms with E-state index in [-0.39, 0.29) is 33.5 Å². The Labute approximate surface area is 114 Å². The van der Waals surface area contributed by atoms with Crippen molar-refractivity contribution in [3.63, 3.8) is 0 Å². The van der Waals surface area contributed by atoms with Crippen molar-refractivity contribution in [1.29, 1.82) is 0 Å². The van der Waals surface area contributed by atoms with Gasteiger partial charge in [-0.1, -0.05) is 69.2 Å². The van der Waals surface area contributed by atoms with Crippen molar-refractivity contribution in [2.24, 2.45) is 33.5 Å². The topological polar surface area (TPSA) is 17.1 Å². The van der Waals surface area contributed by atoms with E-state index in [0.29, 0.717) is 5.78 Å². The van der Waals surface area contributed by atoms with Crippen molar-refractivity contribution in [1.82, 2.24) is 0 Å². The highest BCUT2D eigenvalue weighted by atomic mass is 16.1. The lowest BCUT2D eigenvalue weighted by Gasteiger charge is -2.43. The molecule has 0 spiro atoms. The summed E-state index contributed by atoms with van der Waals surface area (Å²) in [5.41, 5.74) is 0.459. The summed E-state index contributed by atoms with van der Waals surface area (Å²) in [6.07, 6.45) is 0. The van der Waals surface area contributed by atoms with Crippen LogP contribution in [0.1, 0.15) is 69.2 Å². The first-order valence-electron chi connectivity index (χ1n) is 7.19. The molecule has 0 aliphatic heterocycles. The summed E-state index contributed by atoms with van der Waals surface area (Å²) in [6, 6.07) is 0. The minimum absolute atomic E-state index is 0.0667. The van der Waals surface area contributed by atoms with Crippen LogP contribution in [0, 0.1) is 33.5 Å². The predicted octanol–water partition coefficient (Wildman–Crippen LogP) is 4.95. The van der Waals surface area contributed by atoms with Gasteiger partial charge in [0.05, 0.1) is 0 Å². The zero-order chi connectivity index (χ0) is 14.7. The average molecular weight is 252 g/mol. The summed E-state index contributed by atoms with van der Waals surface area (Å²) in [4.78, 5) is 12.4. The van der Waals surface area contributed by atoms with Gasteiger partial charge in [0.15, 0.2) is 0 Å². The van der Waals surface area contributed by atoms with E-state index in [1.807, 2.05) is 0 Å². The Kier molecular flexibility index (Phi) is 3.35. The molecular formula is C17H32O. The number of hydrogen-bond acceptors (Lipinski definition) is 1. The van der Waals surface area contributed by atoms with Crippen LogP contribution < -0.4 is 0 Å². The first-order valence-corrected chi connectivity index (χ1v) is 7.19. The van der Waals surface area contributed by atoms with E-state index in [9.17, 15) is 4.79 Å². The number of carbonyl (C=O) groups excluding carboxylic acids is 1. The standard InChI is InChI=1S/C17H32O/c1-14(2,3)16(7,8)11-12(13(11)18)17(9,10)15(4,5)6/h11-12H,1-10H3/t11-,12+. The van der Waals surface area contributed by atoms with Crippen molar-refractivity contribution in [3.8, 4) is 0 Å². The summed E-state index contributed by atoms with van der Waals surface area (Å²) in [6.45, 7) is 22.5. The SMILES string of the molecule is CC(C)(C)C(C)(C)[C@@H]1C(=O)[C@@H]1C(C)(C)C(C)(C)C. The smallest absolute Gasteiger partial charge is 0.141 e. The van der Waals surface area contributed by atoms with E-state index < -0.39 is 0 Å². The second kappa shape index (κ2) is 3.84. The Morgan fingerprint density at radius 1 is 0.611 bits per heavy atom. The summed E-state index contributed by atoms with van der Waals surface area (Å²) >= 11 is 0. The number of hydrogen-bond donors (Lipinski definition) is 0. The van der Waals surface area contributed by atoms with Gasteiger partial charge in [-0.2, -0.15) is 0 Å². The minimum atomic E-state index is 0.0667.